The van der Waals surface area contributed by atoms with Crippen molar-refractivity contribution >= 4 is 11.6 Å². The van der Waals surface area contributed by atoms with Crippen molar-refractivity contribution in [2.24, 2.45) is 5.73 Å². The van der Waals surface area contributed by atoms with Gasteiger partial charge in [-0.2, -0.15) is 0 Å². The van der Waals surface area contributed by atoms with Crippen LogP contribution in [0.25, 0.3) is 11.1 Å². The molecule has 0 aliphatic heterocycles. The Kier molecular flexibility index (Phi) is 4.54. The third-order valence-electron chi connectivity index (χ3n) is 2.93. The predicted octanol–water partition coefficient (Wildman–Crippen LogP) is 2.64. The van der Waals surface area contributed by atoms with Crippen LogP contribution in [0.1, 0.15) is 6.42 Å². The number of hydrogen-bond donors (Lipinski definition) is 2. The van der Waals surface area contributed by atoms with Crippen LogP contribution in [0.4, 0.5) is 5.69 Å². The van der Waals surface area contributed by atoms with Crippen LogP contribution in [0, 0.1) is 12.3 Å². The number of hydrogen-bond acceptors (Lipinski definition) is 2. The molecule has 0 spiro atoms. The number of carbonyl (C=O) groups is 1. The average molecular weight is 264 g/mol. The molecule has 0 saturated heterocycles. The Hall–Kier alpha value is -2.57. The van der Waals surface area contributed by atoms with E-state index in [2.05, 4.69) is 11.2 Å². The minimum atomic E-state index is -0.672. The van der Waals surface area contributed by atoms with Crippen molar-refractivity contribution in [1.29, 1.82) is 0 Å². The molecule has 0 heterocycles. The van der Waals surface area contributed by atoms with Crippen LogP contribution in [0.15, 0.2) is 54.6 Å². The van der Waals surface area contributed by atoms with Crippen LogP contribution >= 0.6 is 0 Å². The first-order chi connectivity index (χ1) is 9.70. The van der Waals surface area contributed by atoms with E-state index in [0.29, 0.717) is 5.69 Å². The van der Waals surface area contributed by atoms with Crippen LogP contribution in [0.3, 0.4) is 0 Å². The second-order valence-electron chi connectivity index (χ2n) is 4.45. The summed E-state index contributed by atoms with van der Waals surface area (Å²) in [5, 5.41) is 2.75. The van der Waals surface area contributed by atoms with Crippen LogP contribution < -0.4 is 11.1 Å². The zero-order valence-electron chi connectivity index (χ0n) is 11.0. The van der Waals surface area contributed by atoms with Gasteiger partial charge in [-0.05, 0) is 23.3 Å². The third kappa shape index (κ3) is 3.47. The monoisotopic (exact) mass is 264 g/mol. The van der Waals surface area contributed by atoms with Crippen molar-refractivity contribution in [3.8, 4) is 23.5 Å². The van der Waals surface area contributed by atoms with E-state index in [9.17, 15) is 4.79 Å². The standard InChI is InChI=1S/C17H16N2O/c1-2-6-16(18)17(20)19-15-11-9-14(10-12-15)13-7-4-3-5-8-13/h1,3-5,7-12,16H,6,18H2,(H,19,20). The van der Waals surface area contributed by atoms with E-state index >= 15 is 0 Å². The number of benzene rings is 2. The molecule has 1 amide bonds. The number of nitrogens with two attached hydrogens (primary N) is 1. The van der Waals surface area contributed by atoms with Crippen LogP contribution in [-0.4, -0.2) is 11.9 Å². The Balaban J connectivity index is 2.06. The fourth-order valence-electron chi connectivity index (χ4n) is 1.83. The lowest BCUT2D eigenvalue weighted by Crippen LogP contribution is -2.35. The van der Waals surface area contributed by atoms with Gasteiger partial charge < -0.3 is 11.1 Å². The molecule has 2 aromatic rings. The minimum absolute atomic E-state index is 0.230. The number of amides is 1. The molecule has 1 atom stereocenters. The summed E-state index contributed by atoms with van der Waals surface area (Å²) in [6.07, 6.45) is 5.36. The summed E-state index contributed by atoms with van der Waals surface area (Å²) in [6, 6.07) is 17.0. The molecule has 20 heavy (non-hydrogen) atoms. The summed E-state index contributed by atoms with van der Waals surface area (Å²) in [5.74, 6) is 2.11. The molecule has 2 rings (SSSR count). The lowest BCUT2D eigenvalue weighted by Gasteiger charge is -2.10. The minimum Gasteiger partial charge on any atom is -0.325 e. The van der Waals surface area contributed by atoms with Crippen molar-refractivity contribution < 1.29 is 4.79 Å². The molecule has 100 valence electrons. The maximum Gasteiger partial charge on any atom is 0.242 e. The highest BCUT2D eigenvalue weighted by molar-refractivity contribution is 5.95. The van der Waals surface area contributed by atoms with E-state index in [1.165, 1.54) is 0 Å². The fraction of sp³-hybridized carbons (Fsp3) is 0.118. The van der Waals surface area contributed by atoms with Gasteiger partial charge in [-0.25, -0.2) is 0 Å². The normalized spacial score (nSPS) is 11.4. The van der Waals surface area contributed by atoms with Gasteiger partial charge >= 0.3 is 0 Å². The van der Waals surface area contributed by atoms with Gasteiger partial charge in [-0.1, -0.05) is 42.5 Å². The number of rotatable bonds is 4. The predicted molar refractivity (Wildman–Crippen MR) is 81.9 cm³/mol. The number of anilines is 1. The molecule has 0 aromatic heterocycles. The molecule has 3 N–H and O–H groups in total. The smallest absolute Gasteiger partial charge is 0.242 e. The van der Waals surface area contributed by atoms with E-state index in [4.69, 9.17) is 12.2 Å². The Morgan fingerprint density at radius 2 is 1.70 bits per heavy atom. The van der Waals surface area contributed by atoms with Crippen LogP contribution in [0.2, 0.25) is 0 Å². The van der Waals surface area contributed by atoms with Crippen molar-refractivity contribution in [3.05, 3.63) is 54.6 Å². The topological polar surface area (TPSA) is 55.1 Å². The summed E-state index contributed by atoms with van der Waals surface area (Å²) >= 11 is 0. The number of carbonyl (C=O) groups excluding carboxylic acids is 1. The largest absolute Gasteiger partial charge is 0.325 e. The van der Waals surface area contributed by atoms with Crippen molar-refractivity contribution in [1.82, 2.24) is 0 Å². The van der Waals surface area contributed by atoms with Crippen molar-refractivity contribution in [2.75, 3.05) is 5.32 Å². The van der Waals surface area contributed by atoms with Gasteiger partial charge in [0.05, 0.1) is 6.04 Å². The maximum atomic E-state index is 11.7. The zero-order chi connectivity index (χ0) is 14.4. The first-order valence-electron chi connectivity index (χ1n) is 6.36. The highest BCUT2D eigenvalue weighted by atomic mass is 16.2. The molecule has 0 fully saturated rings. The van der Waals surface area contributed by atoms with E-state index in [-0.39, 0.29) is 12.3 Å². The third-order valence-corrected chi connectivity index (χ3v) is 2.93. The van der Waals surface area contributed by atoms with E-state index in [1.807, 2.05) is 54.6 Å². The van der Waals surface area contributed by atoms with Gasteiger partial charge in [0, 0.05) is 12.1 Å². The molecule has 0 aliphatic carbocycles. The van der Waals surface area contributed by atoms with E-state index < -0.39 is 6.04 Å². The highest BCUT2D eigenvalue weighted by Gasteiger charge is 2.11. The molecule has 0 aliphatic rings. The lowest BCUT2D eigenvalue weighted by atomic mass is 10.1. The highest BCUT2D eigenvalue weighted by Crippen LogP contribution is 2.20. The first-order valence-corrected chi connectivity index (χ1v) is 6.36. The number of nitrogens with one attached hydrogen (secondary N) is 1. The second-order valence-corrected chi connectivity index (χ2v) is 4.45. The lowest BCUT2D eigenvalue weighted by molar-refractivity contribution is -0.117. The van der Waals surface area contributed by atoms with Gasteiger partial charge in [-0.3, -0.25) is 4.79 Å². The Labute approximate surface area is 118 Å². The number of terminal acetylenes is 1. The molecule has 2 aromatic carbocycles. The van der Waals surface area contributed by atoms with Gasteiger partial charge in [-0.15, -0.1) is 12.3 Å². The Bertz CT molecular complexity index is 612. The van der Waals surface area contributed by atoms with E-state index in [1.54, 1.807) is 0 Å². The van der Waals surface area contributed by atoms with E-state index in [0.717, 1.165) is 11.1 Å². The SMILES string of the molecule is C#CCC(N)C(=O)Nc1ccc(-c2ccccc2)cc1. The van der Waals surface area contributed by atoms with Crippen LogP contribution in [-0.2, 0) is 4.79 Å². The molecule has 0 bridgehead atoms. The molecular weight excluding hydrogens is 248 g/mol. The molecule has 3 heteroatoms. The quantitative estimate of drug-likeness (QED) is 0.834. The summed E-state index contributed by atoms with van der Waals surface area (Å²) in [4.78, 5) is 11.7. The molecular formula is C17H16N2O. The molecule has 0 saturated carbocycles. The molecule has 3 nitrogen and oxygen atoms in total. The van der Waals surface area contributed by atoms with Gasteiger partial charge in [0.1, 0.15) is 0 Å². The summed E-state index contributed by atoms with van der Waals surface area (Å²) in [6.45, 7) is 0. The van der Waals surface area contributed by atoms with Gasteiger partial charge in [0.2, 0.25) is 5.91 Å². The fourth-order valence-corrected chi connectivity index (χ4v) is 1.83. The van der Waals surface area contributed by atoms with Gasteiger partial charge in [0.25, 0.3) is 0 Å². The summed E-state index contributed by atoms with van der Waals surface area (Å²) in [5.41, 5.74) is 8.58. The van der Waals surface area contributed by atoms with Crippen molar-refractivity contribution in [2.45, 2.75) is 12.5 Å². The van der Waals surface area contributed by atoms with Gasteiger partial charge in [0.15, 0.2) is 0 Å². The maximum absolute atomic E-state index is 11.7. The zero-order valence-corrected chi connectivity index (χ0v) is 11.0. The summed E-state index contributed by atoms with van der Waals surface area (Å²) in [7, 11) is 0. The Morgan fingerprint density at radius 1 is 1.10 bits per heavy atom. The summed E-state index contributed by atoms with van der Waals surface area (Å²) < 4.78 is 0. The van der Waals surface area contributed by atoms with Crippen LogP contribution in [0.5, 0.6) is 0 Å². The first kappa shape index (κ1) is 13.9. The Morgan fingerprint density at radius 3 is 2.30 bits per heavy atom. The molecule has 0 radical (unpaired) electrons. The van der Waals surface area contributed by atoms with Crippen molar-refractivity contribution in [3.63, 3.8) is 0 Å². The second kappa shape index (κ2) is 6.55. The average Bonchev–Trinajstić information content (AvgIpc) is 2.49. The molecule has 1 unspecified atom stereocenters.